The highest BCUT2D eigenvalue weighted by Gasteiger charge is 2.36. The standard InChI is InChI=1S/C26H20N4O3/c31-25(20-15-17-9-4-5-11-19(17)27-20)29-24-26(32)30-13-14-33-21-12-6-10-18(23(21)30)22(28-24)16-7-2-1-3-8-16/h1-12,15,24,27H,13-14H2,(H,29,31). The Hall–Kier alpha value is -4.39. The lowest BCUT2D eigenvalue weighted by Gasteiger charge is -2.31. The number of hydrogen-bond acceptors (Lipinski definition) is 4. The van der Waals surface area contributed by atoms with Gasteiger partial charge in [0.15, 0.2) is 0 Å². The van der Waals surface area contributed by atoms with Crippen LogP contribution in [0.2, 0.25) is 0 Å². The molecule has 3 aromatic carbocycles. The van der Waals surface area contributed by atoms with Crippen molar-refractivity contribution in [3.63, 3.8) is 0 Å². The summed E-state index contributed by atoms with van der Waals surface area (Å²) in [6, 6.07) is 24.8. The van der Waals surface area contributed by atoms with Crippen molar-refractivity contribution in [2.45, 2.75) is 6.17 Å². The summed E-state index contributed by atoms with van der Waals surface area (Å²) in [5.41, 5.74) is 4.22. The zero-order chi connectivity index (χ0) is 22.4. The molecule has 0 aliphatic carbocycles. The summed E-state index contributed by atoms with van der Waals surface area (Å²) in [6.07, 6.45) is -1.07. The van der Waals surface area contributed by atoms with Gasteiger partial charge in [0, 0.05) is 22.0 Å². The number of benzene rings is 3. The van der Waals surface area contributed by atoms with E-state index in [2.05, 4.69) is 10.3 Å². The van der Waals surface area contributed by atoms with Crippen LogP contribution in [0.25, 0.3) is 10.9 Å². The molecule has 0 bridgehead atoms. The normalized spacial score (nSPS) is 17.1. The minimum absolute atomic E-state index is 0.289. The van der Waals surface area contributed by atoms with E-state index in [1.807, 2.05) is 72.8 Å². The first-order valence-corrected chi connectivity index (χ1v) is 10.8. The Labute approximate surface area is 189 Å². The first-order chi connectivity index (χ1) is 16.2. The molecule has 1 aromatic heterocycles. The summed E-state index contributed by atoms with van der Waals surface area (Å²) in [5, 5.41) is 3.76. The Kier molecular flexibility index (Phi) is 4.47. The minimum Gasteiger partial charge on any atom is -0.490 e. The third-order valence-corrected chi connectivity index (χ3v) is 5.94. The van der Waals surface area contributed by atoms with Gasteiger partial charge in [-0.25, -0.2) is 4.99 Å². The van der Waals surface area contributed by atoms with E-state index in [9.17, 15) is 9.59 Å². The minimum atomic E-state index is -1.07. The molecule has 0 fully saturated rings. The molecule has 162 valence electrons. The number of nitrogens with one attached hydrogen (secondary N) is 2. The summed E-state index contributed by atoms with van der Waals surface area (Å²) in [4.78, 5) is 36.3. The van der Waals surface area contributed by atoms with Crippen molar-refractivity contribution in [1.29, 1.82) is 0 Å². The maximum Gasteiger partial charge on any atom is 0.272 e. The van der Waals surface area contributed by atoms with E-state index in [1.165, 1.54) is 0 Å². The van der Waals surface area contributed by atoms with Gasteiger partial charge in [0.2, 0.25) is 6.17 Å². The van der Waals surface area contributed by atoms with Crippen molar-refractivity contribution < 1.29 is 14.3 Å². The lowest BCUT2D eigenvalue weighted by atomic mass is 9.99. The van der Waals surface area contributed by atoms with E-state index < -0.39 is 6.17 Å². The fourth-order valence-corrected chi connectivity index (χ4v) is 4.41. The first-order valence-electron chi connectivity index (χ1n) is 10.8. The van der Waals surface area contributed by atoms with Crippen molar-refractivity contribution in [3.05, 3.63) is 95.7 Å². The van der Waals surface area contributed by atoms with E-state index >= 15 is 0 Å². The van der Waals surface area contributed by atoms with Gasteiger partial charge in [0.05, 0.1) is 17.9 Å². The molecule has 3 heterocycles. The molecule has 2 aliphatic rings. The Morgan fingerprint density at radius 3 is 2.70 bits per heavy atom. The summed E-state index contributed by atoms with van der Waals surface area (Å²) in [7, 11) is 0. The van der Waals surface area contributed by atoms with Gasteiger partial charge in [0.25, 0.3) is 11.8 Å². The summed E-state index contributed by atoms with van der Waals surface area (Å²) in [6.45, 7) is 0.769. The quantitative estimate of drug-likeness (QED) is 0.515. The smallest absolute Gasteiger partial charge is 0.272 e. The zero-order valence-corrected chi connectivity index (χ0v) is 17.6. The summed E-state index contributed by atoms with van der Waals surface area (Å²) >= 11 is 0. The van der Waals surface area contributed by atoms with Crippen molar-refractivity contribution in [2.24, 2.45) is 4.99 Å². The number of para-hydroxylation sites is 2. The van der Waals surface area contributed by atoms with Gasteiger partial charge < -0.3 is 19.9 Å². The second-order valence-corrected chi connectivity index (χ2v) is 7.98. The molecule has 6 rings (SSSR count). The second-order valence-electron chi connectivity index (χ2n) is 7.98. The number of ether oxygens (including phenoxy) is 1. The van der Waals surface area contributed by atoms with Crippen LogP contribution in [-0.4, -0.2) is 41.8 Å². The SMILES string of the molecule is O=C(NC1N=C(c2ccccc2)c2cccc3c2N(CCO3)C1=O)c1cc2ccccc2[nH]1. The van der Waals surface area contributed by atoms with Crippen LogP contribution >= 0.6 is 0 Å². The van der Waals surface area contributed by atoms with Crippen LogP contribution in [0.3, 0.4) is 0 Å². The lowest BCUT2D eigenvalue weighted by Crippen LogP contribution is -2.49. The van der Waals surface area contributed by atoms with Gasteiger partial charge in [-0.1, -0.05) is 60.7 Å². The molecule has 7 heteroatoms. The van der Waals surface area contributed by atoms with Crippen LogP contribution in [0.4, 0.5) is 5.69 Å². The van der Waals surface area contributed by atoms with Gasteiger partial charge in [-0.05, 0) is 18.2 Å². The van der Waals surface area contributed by atoms with Crippen LogP contribution in [0.5, 0.6) is 5.75 Å². The molecule has 0 radical (unpaired) electrons. The number of rotatable bonds is 3. The van der Waals surface area contributed by atoms with E-state index in [4.69, 9.17) is 9.73 Å². The topological polar surface area (TPSA) is 86.8 Å². The lowest BCUT2D eigenvalue weighted by molar-refractivity contribution is -0.120. The highest BCUT2D eigenvalue weighted by Crippen LogP contribution is 2.38. The van der Waals surface area contributed by atoms with Gasteiger partial charge in [0.1, 0.15) is 18.1 Å². The van der Waals surface area contributed by atoms with E-state index in [0.29, 0.717) is 36.0 Å². The molecule has 2 aliphatic heterocycles. The van der Waals surface area contributed by atoms with E-state index in [0.717, 1.165) is 22.0 Å². The Bertz CT molecular complexity index is 1390. The number of aromatic nitrogens is 1. The maximum atomic E-state index is 13.6. The molecule has 0 saturated heterocycles. The average molecular weight is 436 g/mol. The van der Waals surface area contributed by atoms with Crippen molar-refractivity contribution >= 4 is 34.1 Å². The predicted molar refractivity (Wildman–Crippen MR) is 126 cm³/mol. The number of carbonyl (C=O) groups is 2. The second kappa shape index (κ2) is 7.63. The van der Waals surface area contributed by atoms with Gasteiger partial charge in [-0.15, -0.1) is 0 Å². The fourth-order valence-electron chi connectivity index (χ4n) is 4.41. The van der Waals surface area contributed by atoms with E-state index in [-0.39, 0.29) is 11.8 Å². The Balaban J connectivity index is 1.44. The number of nitrogens with zero attached hydrogens (tertiary/aromatic N) is 2. The molecule has 0 spiro atoms. The number of H-pyrrole nitrogens is 1. The molecule has 2 N–H and O–H groups in total. The first kappa shape index (κ1) is 19.3. The maximum absolute atomic E-state index is 13.6. The predicted octanol–water partition coefficient (Wildman–Crippen LogP) is 3.50. The third-order valence-electron chi connectivity index (χ3n) is 5.94. The Morgan fingerprint density at radius 1 is 1.03 bits per heavy atom. The molecule has 4 aromatic rings. The van der Waals surface area contributed by atoms with Crippen molar-refractivity contribution in [3.8, 4) is 5.75 Å². The Morgan fingerprint density at radius 2 is 1.85 bits per heavy atom. The highest BCUT2D eigenvalue weighted by molar-refractivity contribution is 6.21. The van der Waals surface area contributed by atoms with Crippen LogP contribution in [0, 0.1) is 0 Å². The van der Waals surface area contributed by atoms with Crippen LogP contribution in [0.1, 0.15) is 21.6 Å². The molecule has 7 nitrogen and oxygen atoms in total. The van der Waals surface area contributed by atoms with Crippen LogP contribution in [-0.2, 0) is 4.79 Å². The van der Waals surface area contributed by atoms with Crippen molar-refractivity contribution in [1.82, 2.24) is 10.3 Å². The largest absolute Gasteiger partial charge is 0.490 e. The summed E-state index contributed by atoms with van der Waals surface area (Å²) in [5.74, 6) is -0.0409. The molecule has 0 saturated carbocycles. The molecular formula is C26H20N4O3. The van der Waals surface area contributed by atoms with Crippen LogP contribution < -0.4 is 15.0 Å². The highest BCUT2D eigenvalue weighted by atomic mass is 16.5. The third kappa shape index (κ3) is 3.25. The molecule has 1 unspecified atom stereocenters. The number of anilines is 1. The number of amides is 2. The van der Waals surface area contributed by atoms with Crippen LogP contribution in [0.15, 0.2) is 83.9 Å². The van der Waals surface area contributed by atoms with E-state index in [1.54, 1.807) is 11.0 Å². The monoisotopic (exact) mass is 436 g/mol. The molecular weight excluding hydrogens is 416 g/mol. The number of fused-ring (bicyclic) bond motifs is 1. The van der Waals surface area contributed by atoms with Gasteiger partial charge in [-0.3, -0.25) is 9.59 Å². The molecule has 1 atom stereocenters. The fraction of sp³-hybridized carbons (Fsp3) is 0.115. The number of carbonyl (C=O) groups excluding carboxylic acids is 2. The van der Waals surface area contributed by atoms with Gasteiger partial charge in [-0.2, -0.15) is 0 Å². The van der Waals surface area contributed by atoms with Gasteiger partial charge >= 0.3 is 0 Å². The zero-order valence-electron chi connectivity index (χ0n) is 17.6. The van der Waals surface area contributed by atoms with Crippen molar-refractivity contribution in [2.75, 3.05) is 18.1 Å². The number of aliphatic imine (C=N–C) groups is 1. The summed E-state index contributed by atoms with van der Waals surface area (Å²) < 4.78 is 5.84. The molecule has 33 heavy (non-hydrogen) atoms. The number of hydrogen-bond donors (Lipinski definition) is 2. The molecule has 2 amide bonds. The average Bonchev–Trinajstić information content (AvgIpc) is 3.26. The number of aromatic amines is 1.